The van der Waals surface area contributed by atoms with Crippen molar-refractivity contribution >= 4 is 17.5 Å². The van der Waals surface area contributed by atoms with E-state index in [1.807, 2.05) is 18.5 Å². The van der Waals surface area contributed by atoms with Crippen molar-refractivity contribution in [1.29, 1.82) is 0 Å². The van der Waals surface area contributed by atoms with Crippen LogP contribution >= 0.6 is 0 Å². The number of rotatable bonds is 8. The van der Waals surface area contributed by atoms with Gasteiger partial charge in [-0.2, -0.15) is 5.10 Å². The lowest BCUT2D eigenvalue weighted by Gasteiger charge is -2.12. The highest BCUT2D eigenvalue weighted by atomic mass is 16.5. The third kappa shape index (κ3) is 5.12. The molecule has 0 fully saturated rings. The number of hydrogen-bond donors (Lipinski definition) is 2. The van der Waals surface area contributed by atoms with Crippen LogP contribution in [0.15, 0.2) is 18.2 Å². The quantitative estimate of drug-likeness (QED) is 0.730. The molecule has 2 aromatic rings. The number of amides is 2. The van der Waals surface area contributed by atoms with E-state index in [4.69, 9.17) is 4.74 Å². The van der Waals surface area contributed by atoms with E-state index in [0.29, 0.717) is 35.8 Å². The Morgan fingerprint density at radius 2 is 1.96 bits per heavy atom. The van der Waals surface area contributed by atoms with Gasteiger partial charge in [-0.1, -0.05) is 13.8 Å². The van der Waals surface area contributed by atoms with E-state index >= 15 is 0 Å². The van der Waals surface area contributed by atoms with Crippen LogP contribution in [0.5, 0.6) is 5.75 Å². The number of ether oxygens (including phenoxy) is 1. The molecule has 0 radical (unpaired) electrons. The van der Waals surface area contributed by atoms with Gasteiger partial charge in [-0.05, 0) is 49.9 Å². The molecule has 28 heavy (non-hydrogen) atoms. The molecule has 1 heterocycles. The van der Waals surface area contributed by atoms with Crippen LogP contribution in [-0.2, 0) is 17.8 Å². The molecular formula is C21H30N4O3. The van der Waals surface area contributed by atoms with Crippen LogP contribution in [0.2, 0.25) is 0 Å². The molecule has 2 rings (SSSR count). The van der Waals surface area contributed by atoms with E-state index in [2.05, 4.69) is 29.6 Å². The summed E-state index contributed by atoms with van der Waals surface area (Å²) in [5.74, 6) is 0.664. The molecule has 0 unspecified atom stereocenters. The zero-order valence-electron chi connectivity index (χ0n) is 17.5. The maximum Gasteiger partial charge on any atom is 0.251 e. The highest BCUT2D eigenvalue weighted by molar-refractivity contribution is 5.98. The summed E-state index contributed by atoms with van der Waals surface area (Å²) in [6.45, 7) is 9.20. The standard InChI is InChI=1S/C21H30N4O3/c1-13(2)12-25-15(4)17(14(3)24-25)8-10-20(26)23-18-11-16(21(27)22-5)7-9-19(18)28-6/h7,9,11,13H,8,10,12H2,1-6H3,(H,22,27)(H,23,26). The van der Waals surface area contributed by atoms with E-state index < -0.39 is 0 Å². The predicted molar refractivity (Wildman–Crippen MR) is 110 cm³/mol. The van der Waals surface area contributed by atoms with Crippen molar-refractivity contribution in [2.24, 2.45) is 5.92 Å². The summed E-state index contributed by atoms with van der Waals surface area (Å²) >= 11 is 0. The number of nitrogens with one attached hydrogen (secondary N) is 2. The first-order valence-electron chi connectivity index (χ1n) is 9.49. The Bertz CT molecular complexity index is 856. The fourth-order valence-corrected chi connectivity index (χ4v) is 3.16. The topological polar surface area (TPSA) is 85.2 Å². The minimum atomic E-state index is -0.220. The number of hydrogen-bond acceptors (Lipinski definition) is 4. The van der Waals surface area contributed by atoms with Gasteiger partial charge in [-0.15, -0.1) is 0 Å². The van der Waals surface area contributed by atoms with Gasteiger partial charge in [0.1, 0.15) is 5.75 Å². The van der Waals surface area contributed by atoms with E-state index in [0.717, 1.165) is 23.5 Å². The van der Waals surface area contributed by atoms with Gasteiger partial charge in [-0.25, -0.2) is 0 Å². The Morgan fingerprint density at radius 3 is 2.57 bits per heavy atom. The molecule has 0 aliphatic carbocycles. The zero-order chi connectivity index (χ0) is 20.8. The predicted octanol–water partition coefficient (Wildman–Crippen LogP) is 3.10. The molecule has 7 nitrogen and oxygen atoms in total. The van der Waals surface area contributed by atoms with Crippen molar-refractivity contribution in [3.05, 3.63) is 40.7 Å². The van der Waals surface area contributed by atoms with Crippen LogP contribution in [0.1, 0.15) is 47.6 Å². The summed E-state index contributed by atoms with van der Waals surface area (Å²) in [6, 6.07) is 4.94. The summed E-state index contributed by atoms with van der Waals surface area (Å²) in [4.78, 5) is 24.4. The number of benzene rings is 1. The Labute approximate surface area is 166 Å². The van der Waals surface area contributed by atoms with Crippen molar-refractivity contribution < 1.29 is 14.3 Å². The van der Waals surface area contributed by atoms with Crippen molar-refractivity contribution in [1.82, 2.24) is 15.1 Å². The van der Waals surface area contributed by atoms with Crippen LogP contribution in [0, 0.1) is 19.8 Å². The highest BCUT2D eigenvalue weighted by Gasteiger charge is 2.15. The smallest absolute Gasteiger partial charge is 0.251 e. The number of carbonyl (C=O) groups is 2. The monoisotopic (exact) mass is 386 g/mol. The Balaban J connectivity index is 2.09. The zero-order valence-corrected chi connectivity index (χ0v) is 17.5. The molecule has 0 aliphatic heterocycles. The van der Waals surface area contributed by atoms with Crippen LogP contribution in [0.4, 0.5) is 5.69 Å². The molecule has 2 N–H and O–H groups in total. The molecule has 152 valence electrons. The lowest BCUT2D eigenvalue weighted by Crippen LogP contribution is -2.19. The fourth-order valence-electron chi connectivity index (χ4n) is 3.16. The maximum absolute atomic E-state index is 12.5. The average Bonchev–Trinajstić information content (AvgIpc) is 2.91. The molecule has 0 atom stereocenters. The molecule has 2 amide bonds. The normalized spacial score (nSPS) is 10.8. The van der Waals surface area contributed by atoms with Gasteiger partial charge in [0.15, 0.2) is 0 Å². The Hall–Kier alpha value is -2.83. The number of aromatic nitrogens is 2. The van der Waals surface area contributed by atoms with E-state index in [-0.39, 0.29) is 11.8 Å². The lowest BCUT2D eigenvalue weighted by atomic mass is 10.1. The third-order valence-electron chi connectivity index (χ3n) is 4.63. The molecule has 0 aliphatic rings. The second kappa shape index (κ2) is 9.39. The van der Waals surface area contributed by atoms with Gasteiger partial charge in [0.05, 0.1) is 18.5 Å². The van der Waals surface area contributed by atoms with Gasteiger partial charge >= 0.3 is 0 Å². The summed E-state index contributed by atoms with van der Waals surface area (Å²) < 4.78 is 7.31. The molecule has 0 saturated carbocycles. The molecule has 0 saturated heterocycles. The number of methoxy groups -OCH3 is 1. The van der Waals surface area contributed by atoms with Crippen LogP contribution in [0.3, 0.4) is 0 Å². The molecular weight excluding hydrogens is 356 g/mol. The van der Waals surface area contributed by atoms with Crippen molar-refractivity contribution in [3.63, 3.8) is 0 Å². The third-order valence-corrected chi connectivity index (χ3v) is 4.63. The summed E-state index contributed by atoms with van der Waals surface area (Å²) in [7, 11) is 3.09. The van der Waals surface area contributed by atoms with Gasteiger partial charge in [0.2, 0.25) is 5.91 Å². The summed E-state index contributed by atoms with van der Waals surface area (Å²) in [6.07, 6.45) is 0.932. The SMILES string of the molecule is CNC(=O)c1ccc(OC)c(NC(=O)CCc2c(C)nn(CC(C)C)c2C)c1. The van der Waals surface area contributed by atoms with Gasteiger partial charge in [-0.3, -0.25) is 14.3 Å². The van der Waals surface area contributed by atoms with Gasteiger partial charge in [0, 0.05) is 31.3 Å². The molecule has 7 heteroatoms. The number of carbonyl (C=O) groups excluding carboxylic acids is 2. The van der Waals surface area contributed by atoms with E-state index in [9.17, 15) is 9.59 Å². The maximum atomic E-state index is 12.5. The molecule has 0 spiro atoms. The largest absolute Gasteiger partial charge is 0.495 e. The summed E-state index contributed by atoms with van der Waals surface area (Å²) in [5.41, 5.74) is 4.13. The Kier molecular flexibility index (Phi) is 7.20. The van der Waals surface area contributed by atoms with Crippen molar-refractivity contribution in [2.75, 3.05) is 19.5 Å². The highest BCUT2D eigenvalue weighted by Crippen LogP contribution is 2.26. The van der Waals surface area contributed by atoms with Gasteiger partial charge < -0.3 is 15.4 Å². The van der Waals surface area contributed by atoms with E-state index in [1.165, 1.54) is 7.11 Å². The van der Waals surface area contributed by atoms with E-state index in [1.54, 1.807) is 25.2 Å². The lowest BCUT2D eigenvalue weighted by molar-refractivity contribution is -0.116. The number of anilines is 1. The molecule has 1 aromatic heterocycles. The second-order valence-corrected chi connectivity index (χ2v) is 7.27. The second-order valence-electron chi connectivity index (χ2n) is 7.27. The van der Waals surface area contributed by atoms with Gasteiger partial charge in [0.25, 0.3) is 5.91 Å². The molecule has 0 bridgehead atoms. The first kappa shape index (κ1) is 21.5. The van der Waals surface area contributed by atoms with Crippen LogP contribution < -0.4 is 15.4 Å². The fraction of sp³-hybridized carbons (Fsp3) is 0.476. The van der Waals surface area contributed by atoms with Crippen molar-refractivity contribution in [3.8, 4) is 5.75 Å². The first-order chi connectivity index (χ1) is 13.3. The minimum Gasteiger partial charge on any atom is -0.495 e. The molecule has 1 aromatic carbocycles. The first-order valence-corrected chi connectivity index (χ1v) is 9.49. The minimum absolute atomic E-state index is 0.136. The number of nitrogens with zero attached hydrogens (tertiary/aromatic N) is 2. The average molecular weight is 386 g/mol. The van der Waals surface area contributed by atoms with Crippen LogP contribution in [-0.4, -0.2) is 35.8 Å². The van der Waals surface area contributed by atoms with Crippen LogP contribution in [0.25, 0.3) is 0 Å². The summed E-state index contributed by atoms with van der Waals surface area (Å²) in [5, 5.41) is 10.0. The number of aryl methyl sites for hydroxylation is 1. The Morgan fingerprint density at radius 1 is 1.25 bits per heavy atom. The van der Waals surface area contributed by atoms with Crippen molar-refractivity contribution in [2.45, 2.75) is 47.1 Å².